The summed E-state index contributed by atoms with van der Waals surface area (Å²) in [5.74, 6) is -5.62. The SMILES string of the molecule is CCC1=C2CC[C@H]3C(=O)N(CC)C(=O)[C@H]3[C@H]2[C@@](C)(C(=O)NCC(=O)OC)N(C(=O)NCCO)C1=O. The van der Waals surface area contributed by atoms with Crippen LogP contribution in [0.25, 0.3) is 0 Å². The summed E-state index contributed by atoms with van der Waals surface area (Å²) in [5, 5.41) is 14.0. The molecule has 2 aliphatic heterocycles. The quantitative estimate of drug-likeness (QED) is 0.311. The zero-order valence-corrected chi connectivity index (χ0v) is 20.4. The molecule has 0 aromatic carbocycles. The van der Waals surface area contributed by atoms with Gasteiger partial charge in [-0.05, 0) is 33.1 Å². The largest absolute Gasteiger partial charge is 0.468 e. The van der Waals surface area contributed by atoms with Crippen LogP contribution < -0.4 is 10.6 Å². The molecule has 0 spiro atoms. The molecule has 1 saturated heterocycles. The van der Waals surface area contributed by atoms with Gasteiger partial charge in [0.15, 0.2) is 0 Å². The van der Waals surface area contributed by atoms with E-state index in [1.165, 1.54) is 6.92 Å². The van der Waals surface area contributed by atoms with Crippen molar-refractivity contribution in [2.24, 2.45) is 17.8 Å². The molecule has 4 atom stereocenters. The van der Waals surface area contributed by atoms with E-state index in [4.69, 9.17) is 0 Å². The minimum Gasteiger partial charge on any atom is -0.468 e. The monoisotopic (exact) mass is 492 g/mol. The number of nitrogens with zero attached hydrogens (tertiary/aromatic N) is 2. The van der Waals surface area contributed by atoms with E-state index in [0.717, 1.165) is 16.9 Å². The molecule has 12 heteroatoms. The predicted octanol–water partition coefficient (Wildman–Crippen LogP) is -0.684. The predicted molar refractivity (Wildman–Crippen MR) is 120 cm³/mol. The molecule has 35 heavy (non-hydrogen) atoms. The first-order valence-corrected chi connectivity index (χ1v) is 11.7. The molecular weight excluding hydrogens is 460 g/mol. The van der Waals surface area contributed by atoms with Crippen molar-refractivity contribution in [1.29, 1.82) is 0 Å². The molecule has 192 valence electrons. The average Bonchev–Trinajstić information content (AvgIpc) is 3.09. The summed E-state index contributed by atoms with van der Waals surface area (Å²) in [7, 11) is 1.15. The summed E-state index contributed by atoms with van der Waals surface area (Å²) in [6, 6.07) is -0.920. The van der Waals surface area contributed by atoms with Gasteiger partial charge in [-0.15, -0.1) is 0 Å². The van der Waals surface area contributed by atoms with E-state index in [0.29, 0.717) is 24.0 Å². The molecule has 1 saturated carbocycles. The van der Waals surface area contributed by atoms with E-state index in [1.54, 1.807) is 13.8 Å². The number of urea groups is 1. The van der Waals surface area contributed by atoms with Crippen LogP contribution in [0, 0.1) is 17.8 Å². The third-order valence-electron chi connectivity index (χ3n) is 7.29. The number of hydrogen-bond acceptors (Lipinski definition) is 8. The maximum atomic E-state index is 13.7. The number of hydrogen-bond donors (Lipinski definition) is 3. The molecule has 0 aromatic heterocycles. The lowest BCUT2D eigenvalue weighted by Gasteiger charge is -2.52. The number of carbonyl (C=O) groups excluding carboxylic acids is 6. The second-order valence-electron chi connectivity index (χ2n) is 8.93. The van der Waals surface area contributed by atoms with Crippen LogP contribution >= 0.6 is 0 Å². The smallest absolute Gasteiger partial charge is 0.325 e. The summed E-state index contributed by atoms with van der Waals surface area (Å²) in [5.41, 5.74) is -1.03. The summed E-state index contributed by atoms with van der Waals surface area (Å²) < 4.78 is 4.58. The van der Waals surface area contributed by atoms with Crippen LogP contribution in [0.15, 0.2) is 11.1 Å². The van der Waals surface area contributed by atoms with Crippen molar-refractivity contribution < 1.29 is 38.6 Å². The molecule has 0 bridgehead atoms. The first-order valence-electron chi connectivity index (χ1n) is 11.7. The molecule has 6 amide bonds. The highest BCUT2D eigenvalue weighted by Gasteiger charge is 2.65. The number of aliphatic hydroxyl groups is 1. The molecule has 2 heterocycles. The highest BCUT2D eigenvalue weighted by atomic mass is 16.5. The summed E-state index contributed by atoms with van der Waals surface area (Å²) in [6.45, 7) is 3.89. The van der Waals surface area contributed by atoms with Crippen molar-refractivity contribution in [2.45, 2.75) is 45.6 Å². The van der Waals surface area contributed by atoms with Crippen LogP contribution in [-0.4, -0.2) is 89.4 Å². The van der Waals surface area contributed by atoms with Crippen molar-refractivity contribution in [1.82, 2.24) is 20.4 Å². The third kappa shape index (κ3) is 4.09. The summed E-state index contributed by atoms with van der Waals surface area (Å²) in [4.78, 5) is 80.6. The number of esters is 1. The molecule has 0 radical (unpaired) electrons. The first kappa shape index (κ1) is 26.3. The second kappa shape index (κ2) is 10.1. The number of carbonyl (C=O) groups is 6. The number of amides is 6. The third-order valence-corrected chi connectivity index (χ3v) is 7.29. The topological polar surface area (TPSA) is 162 Å². The van der Waals surface area contributed by atoms with Gasteiger partial charge in [0.1, 0.15) is 12.1 Å². The van der Waals surface area contributed by atoms with Gasteiger partial charge in [0, 0.05) is 24.6 Å². The minimum atomic E-state index is -1.93. The van der Waals surface area contributed by atoms with Crippen molar-refractivity contribution in [3.05, 3.63) is 11.1 Å². The van der Waals surface area contributed by atoms with Crippen LogP contribution in [0.5, 0.6) is 0 Å². The Balaban J connectivity index is 2.21. The van der Waals surface area contributed by atoms with E-state index in [2.05, 4.69) is 15.4 Å². The Morgan fingerprint density at radius 1 is 1.14 bits per heavy atom. The molecule has 0 aromatic rings. The van der Waals surface area contributed by atoms with Crippen LogP contribution in [-0.2, 0) is 28.7 Å². The van der Waals surface area contributed by atoms with Gasteiger partial charge in [-0.3, -0.25) is 28.9 Å². The van der Waals surface area contributed by atoms with E-state index >= 15 is 0 Å². The normalized spacial score (nSPS) is 28.0. The lowest BCUT2D eigenvalue weighted by atomic mass is 9.59. The lowest BCUT2D eigenvalue weighted by Crippen LogP contribution is -2.71. The Bertz CT molecular complexity index is 992. The lowest BCUT2D eigenvalue weighted by molar-refractivity contribution is -0.151. The van der Waals surface area contributed by atoms with E-state index in [9.17, 15) is 33.9 Å². The molecule has 12 nitrogen and oxygen atoms in total. The number of likely N-dealkylation sites (tertiary alicyclic amines) is 1. The highest BCUT2D eigenvalue weighted by Crippen LogP contribution is 2.54. The van der Waals surface area contributed by atoms with Crippen molar-refractivity contribution in [3.8, 4) is 0 Å². The van der Waals surface area contributed by atoms with Crippen LogP contribution in [0.3, 0.4) is 0 Å². The number of aliphatic hydroxyl groups excluding tert-OH is 1. The Morgan fingerprint density at radius 3 is 2.40 bits per heavy atom. The molecule has 2 fully saturated rings. The van der Waals surface area contributed by atoms with Crippen molar-refractivity contribution >= 4 is 35.6 Å². The van der Waals surface area contributed by atoms with Gasteiger partial charge in [-0.2, -0.15) is 0 Å². The van der Waals surface area contributed by atoms with Gasteiger partial charge in [0.2, 0.25) is 17.7 Å². The molecule has 3 N–H and O–H groups in total. The Kier molecular flexibility index (Phi) is 7.63. The maximum absolute atomic E-state index is 13.7. The molecule has 0 unspecified atom stereocenters. The van der Waals surface area contributed by atoms with Gasteiger partial charge in [0.25, 0.3) is 5.91 Å². The van der Waals surface area contributed by atoms with Crippen LogP contribution in [0.4, 0.5) is 4.79 Å². The van der Waals surface area contributed by atoms with E-state index in [-0.39, 0.29) is 25.4 Å². The number of methoxy groups -OCH3 is 1. The van der Waals surface area contributed by atoms with E-state index in [1.807, 2.05) is 0 Å². The van der Waals surface area contributed by atoms with Crippen LogP contribution in [0.2, 0.25) is 0 Å². The Morgan fingerprint density at radius 2 is 1.83 bits per heavy atom. The highest BCUT2D eigenvalue weighted by molar-refractivity contribution is 6.12. The number of ether oxygens (including phenoxy) is 1. The van der Waals surface area contributed by atoms with Crippen molar-refractivity contribution in [3.63, 3.8) is 0 Å². The Hall–Kier alpha value is -3.28. The van der Waals surface area contributed by atoms with Gasteiger partial charge < -0.3 is 20.5 Å². The van der Waals surface area contributed by atoms with Gasteiger partial charge >= 0.3 is 12.0 Å². The zero-order valence-electron chi connectivity index (χ0n) is 20.4. The fourth-order valence-electron chi connectivity index (χ4n) is 5.71. The first-order chi connectivity index (χ1) is 16.6. The zero-order chi connectivity index (χ0) is 26.1. The molecule has 3 rings (SSSR count). The minimum absolute atomic E-state index is 0.168. The molecule has 1 aliphatic carbocycles. The van der Waals surface area contributed by atoms with Gasteiger partial charge in [-0.1, -0.05) is 12.5 Å². The standard InChI is InChI=1S/C23H32N4O8/c1-5-12-13-7-8-14-16(20(32)26(6-2)18(14)30)17(13)23(3,21(33)25-11-15(29)35-4)27(19(12)31)22(34)24-9-10-28/h14,16-17,28H,5-11H2,1-4H3,(H,24,34)(H,25,33)/t14-,16-,17+,23+/m1/s1. The number of imide groups is 2. The van der Waals surface area contributed by atoms with Gasteiger partial charge in [-0.25, -0.2) is 9.69 Å². The molecular formula is C23H32N4O8. The van der Waals surface area contributed by atoms with E-state index < -0.39 is 66.2 Å². The van der Waals surface area contributed by atoms with Crippen LogP contribution in [0.1, 0.15) is 40.0 Å². The summed E-state index contributed by atoms with van der Waals surface area (Å²) >= 11 is 0. The maximum Gasteiger partial charge on any atom is 0.325 e. The number of nitrogens with one attached hydrogen (secondary N) is 2. The Labute approximate surface area is 203 Å². The number of rotatable bonds is 7. The fraction of sp³-hybridized carbons (Fsp3) is 0.652. The van der Waals surface area contributed by atoms with Gasteiger partial charge in [0.05, 0.1) is 25.6 Å². The summed E-state index contributed by atoms with van der Waals surface area (Å²) in [6.07, 6.45) is 0.930. The number of fused-ring (bicyclic) bond motifs is 3. The molecule has 3 aliphatic rings. The fourth-order valence-corrected chi connectivity index (χ4v) is 5.71. The van der Waals surface area contributed by atoms with Crippen molar-refractivity contribution in [2.75, 3.05) is 33.4 Å². The second-order valence-corrected chi connectivity index (χ2v) is 8.93. The average molecular weight is 493 g/mol.